The Kier molecular flexibility index (Phi) is 10.00. The van der Waals surface area contributed by atoms with Gasteiger partial charge in [-0.1, -0.05) is 72.9 Å². The average Bonchev–Trinajstić information content (AvgIpc) is 2.73. The van der Waals surface area contributed by atoms with Crippen LogP contribution in [0.15, 0.2) is 62.6 Å². The molecule has 0 amide bonds. The van der Waals surface area contributed by atoms with Crippen LogP contribution < -0.4 is 5.11 Å². The molecule has 1 aromatic rings. The highest BCUT2D eigenvalue weighted by Crippen LogP contribution is 2.40. The zero-order valence-electron chi connectivity index (χ0n) is 23.2. The number of rotatable bonds is 10. The predicted octanol–water partition coefficient (Wildman–Crippen LogP) is 8.54. The van der Waals surface area contributed by atoms with E-state index in [1.165, 1.54) is 19.6 Å². The van der Waals surface area contributed by atoms with Gasteiger partial charge in [-0.05, 0) is 81.8 Å². The van der Waals surface area contributed by atoms with Gasteiger partial charge in [-0.25, -0.2) is 0 Å². The molecule has 0 N–H and O–H groups in total. The van der Waals surface area contributed by atoms with Gasteiger partial charge in [0, 0.05) is 36.1 Å². The van der Waals surface area contributed by atoms with E-state index in [9.17, 15) is 9.90 Å². The van der Waals surface area contributed by atoms with E-state index in [4.69, 9.17) is 0 Å². The normalized spacial score (nSPS) is 17.5. The Morgan fingerprint density at radius 1 is 0.778 bits per heavy atom. The predicted molar refractivity (Wildman–Crippen MR) is 157 cm³/mol. The molecule has 0 spiro atoms. The Hall–Kier alpha value is -1.91. The lowest BCUT2D eigenvalue weighted by molar-refractivity contribution is -0.300. The molecule has 2 aliphatic rings. The topological polar surface area (TPSA) is 40.1 Å². The quantitative estimate of drug-likeness (QED) is 0.228. The van der Waals surface area contributed by atoms with Gasteiger partial charge in [0.2, 0.25) is 21.1 Å². The molecule has 194 valence electrons. The fraction of sp³-hybridized carbons (Fsp3) is 0.500. The summed E-state index contributed by atoms with van der Waals surface area (Å²) in [5.41, 5.74) is 2.56. The van der Waals surface area contributed by atoms with E-state index in [0.29, 0.717) is 34.8 Å². The van der Waals surface area contributed by atoms with E-state index < -0.39 is 0 Å². The lowest BCUT2D eigenvalue weighted by Gasteiger charge is -2.29. The van der Waals surface area contributed by atoms with Crippen LogP contribution in [-0.4, -0.2) is 5.78 Å². The maximum atomic E-state index is 13.1. The Morgan fingerprint density at radius 3 is 1.67 bits per heavy atom. The van der Waals surface area contributed by atoms with Crippen molar-refractivity contribution >= 4 is 35.0 Å². The first-order valence-electron chi connectivity index (χ1n) is 13.4. The van der Waals surface area contributed by atoms with Crippen LogP contribution in [0.25, 0.3) is 6.08 Å². The number of ketones is 1. The number of hydrogen-bond acceptors (Lipinski definition) is 3. The van der Waals surface area contributed by atoms with Gasteiger partial charge < -0.3 is 5.11 Å². The largest absolute Gasteiger partial charge is 0.871 e. The highest BCUT2D eigenvalue weighted by molar-refractivity contribution is 8.06. The van der Waals surface area contributed by atoms with E-state index >= 15 is 0 Å². The van der Waals surface area contributed by atoms with Crippen molar-refractivity contribution in [3.05, 3.63) is 78.0 Å². The summed E-state index contributed by atoms with van der Waals surface area (Å²) in [7, 11) is 0. The summed E-state index contributed by atoms with van der Waals surface area (Å²) in [6.45, 7) is 17.8. The van der Waals surface area contributed by atoms with Crippen molar-refractivity contribution in [3.63, 3.8) is 0 Å². The molecule has 0 radical (unpaired) electrons. The zero-order chi connectivity index (χ0) is 26.6. The maximum Gasteiger partial charge on any atom is 0.218 e. The van der Waals surface area contributed by atoms with Crippen LogP contribution >= 0.6 is 23.1 Å². The minimum Gasteiger partial charge on any atom is -0.871 e. The molecule has 1 aliphatic heterocycles. The number of hydrogen-bond donors (Lipinski definition) is 0. The van der Waals surface area contributed by atoms with E-state index in [2.05, 4.69) is 79.7 Å². The third kappa shape index (κ3) is 8.05. The molecule has 0 aromatic carbocycles. The smallest absolute Gasteiger partial charge is 0.218 e. The summed E-state index contributed by atoms with van der Waals surface area (Å²) >= 11 is 3.70. The van der Waals surface area contributed by atoms with Gasteiger partial charge in [-0.15, -0.1) is 0 Å². The molecule has 3 rings (SSSR count). The molecule has 0 saturated carbocycles. The molecular formula is C32H42O2S2. The Morgan fingerprint density at radius 2 is 1.25 bits per heavy atom. The van der Waals surface area contributed by atoms with Gasteiger partial charge in [-0.3, -0.25) is 4.79 Å². The molecule has 0 atom stereocenters. The number of Topliss-reactive ketones (excluding diaryl/α,β-unsaturated/α-hetero) is 1. The van der Waals surface area contributed by atoms with E-state index in [-0.39, 0.29) is 11.5 Å². The third-order valence-corrected chi connectivity index (χ3v) is 8.06. The van der Waals surface area contributed by atoms with Crippen molar-refractivity contribution in [1.29, 1.82) is 0 Å². The number of carbonyl (C=O) groups excluding carboxylic acids is 1. The molecule has 0 fully saturated rings. The Balaban J connectivity index is 1.94. The standard InChI is InChI=1S/C32H42O2S2/c1-19(2)9-25-13-23(14-26(35-25)10-20(3)4)17-29-31(33)30(32(29)34)18-24-15-27(11-21(5)6)36-28(16-24)12-22(7)8/h13-22H,9-12H2,1-8H3. The molecule has 4 heteroatoms. The van der Waals surface area contributed by atoms with Crippen LogP contribution in [0.4, 0.5) is 0 Å². The van der Waals surface area contributed by atoms with Crippen LogP contribution in [0.1, 0.15) is 83.5 Å². The molecule has 0 bridgehead atoms. The van der Waals surface area contributed by atoms with Gasteiger partial charge in [0.1, 0.15) is 0 Å². The number of carbonyl (C=O) groups is 1. The monoisotopic (exact) mass is 522 g/mol. The van der Waals surface area contributed by atoms with Crippen molar-refractivity contribution in [1.82, 2.24) is 0 Å². The fourth-order valence-corrected chi connectivity index (χ4v) is 7.61. The van der Waals surface area contributed by atoms with Gasteiger partial charge in [0.05, 0.1) is 0 Å². The third-order valence-electron chi connectivity index (χ3n) is 5.87. The highest BCUT2D eigenvalue weighted by atomic mass is 32.2. The van der Waals surface area contributed by atoms with E-state index in [1.54, 1.807) is 0 Å². The SMILES string of the molecule is CC(C)CC1=CC(=CC2=C([O-])C(=Cc3cc(CC(C)C)[s+]c(CC(C)C)c3)C2=O)C=C(CC(C)C)S1. The van der Waals surface area contributed by atoms with Crippen LogP contribution in [0, 0.1) is 23.7 Å². The molecule has 0 unspecified atom stereocenters. The first-order chi connectivity index (χ1) is 16.9. The first kappa shape index (κ1) is 28.7. The first-order valence-corrected chi connectivity index (χ1v) is 15.0. The second-order valence-corrected chi connectivity index (χ2v) is 14.3. The van der Waals surface area contributed by atoms with Crippen molar-refractivity contribution in [2.45, 2.75) is 81.1 Å². The van der Waals surface area contributed by atoms with Crippen LogP contribution in [0.3, 0.4) is 0 Å². The van der Waals surface area contributed by atoms with Crippen LogP contribution in [0.5, 0.6) is 0 Å². The van der Waals surface area contributed by atoms with Crippen molar-refractivity contribution in [2.75, 3.05) is 0 Å². The minimum absolute atomic E-state index is 0.133. The summed E-state index contributed by atoms with van der Waals surface area (Å²) < 4.78 is 0. The second-order valence-electron chi connectivity index (χ2n) is 11.8. The molecule has 2 heterocycles. The lowest BCUT2D eigenvalue weighted by Crippen LogP contribution is -2.29. The van der Waals surface area contributed by atoms with Crippen LogP contribution in [-0.2, 0) is 17.6 Å². The molecule has 2 nitrogen and oxygen atoms in total. The minimum atomic E-state index is -0.133. The van der Waals surface area contributed by atoms with Gasteiger partial charge in [0.15, 0.2) is 5.78 Å². The maximum absolute atomic E-state index is 13.1. The zero-order valence-corrected chi connectivity index (χ0v) is 24.9. The average molecular weight is 523 g/mol. The summed E-state index contributed by atoms with van der Waals surface area (Å²) in [6, 6.07) is 4.30. The van der Waals surface area contributed by atoms with Gasteiger partial charge >= 0.3 is 0 Å². The molecule has 36 heavy (non-hydrogen) atoms. The van der Waals surface area contributed by atoms with Crippen LogP contribution in [0.2, 0.25) is 0 Å². The highest BCUT2D eigenvalue weighted by Gasteiger charge is 2.27. The van der Waals surface area contributed by atoms with E-state index in [1.807, 2.05) is 35.3 Å². The van der Waals surface area contributed by atoms with Crippen molar-refractivity contribution < 1.29 is 9.90 Å². The fourth-order valence-electron chi connectivity index (χ4n) is 4.49. The van der Waals surface area contributed by atoms with Gasteiger partial charge in [0.25, 0.3) is 0 Å². The summed E-state index contributed by atoms with van der Waals surface area (Å²) in [5, 5.41) is 13.1. The second kappa shape index (κ2) is 12.6. The number of allylic oxidation sites excluding steroid dienone is 8. The molecule has 0 saturated heterocycles. The number of thioether (sulfide) groups is 1. The molecule has 1 aliphatic carbocycles. The molecule has 1 aromatic heterocycles. The lowest BCUT2D eigenvalue weighted by atomic mass is 9.85. The molecular weight excluding hydrogens is 480 g/mol. The van der Waals surface area contributed by atoms with E-state index in [0.717, 1.165) is 36.8 Å². The summed E-state index contributed by atoms with van der Waals surface area (Å²) in [4.78, 5) is 18.3. The van der Waals surface area contributed by atoms with Crippen molar-refractivity contribution in [3.8, 4) is 0 Å². The van der Waals surface area contributed by atoms with Gasteiger partial charge in [-0.2, -0.15) is 0 Å². The summed E-state index contributed by atoms with van der Waals surface area (Å²) in [5.74, 6) is 1.98. The Labute approximate surface area is 227 Å². The van der Waals surface area contributed by atoms with Crippen molar-refractivity contribution in [2.24, 2.45) is 23.7 Å². The summed E-state index contributed by atoms with van der Waals surface area (Å²) in [6.07, 6.45) is 11.9. The Bertz CT molecular complexity index is 1080.